The molecule has 6 atom stereocenters. The summed E-state index contributed by atoms with van der Waals surface area (Å²) in [4.78, 5) is 11.7. The first-order valence-corrected chi connectivity index (χ1v) is 12.2. The average Bonchev–Trinajstić information content (AvgIpc) is 2.94. The monoisotopic (exact) mass is 482 g/mol. The van der Waals surface area contributed by atoms with Crippen molar-refractivity contribution in [2.24, 2.45) is 17.8 Å². The van der Waals surface area contributed by atoms with Gasteiger partial charge in [-0.2, -0.15) is 0 Å². The van der Waals surface area contributed by atoms with E-state index < -0.39 is 23.8 Å². The van der Waals surface area contributed by atoms with Crippen LogP contribution < -0.4 is 4.74 Å². The summed E-state index contributed by atoms with van der Waals surface area (Å²) in [5.74, 6) is -1.41. The van der Waals surface area contributed by atoms with Gasteiger partial charge >= 0.3 is 5.97 Å². The van der Waals surface area contributed by atoms with E-state index >= 15 is 0 Å². The van der Waals surface area contributed by atoms with Gasteiger partial charge in [0.25, 0.3) is 0 Å². The number of carbonyl (C=O) groups is 1. The zero-order valence-electron chi connectivity index (χ0n) is 19.9. The van der Waals surface area contributed by atoms with E-state index in [2.05, 4.69) is 0 Å². The first kappa shape index (κ1) is 26.6. The van der Waals surface area contributed by atoms with Crippen LogP contribution in [-0.4, -0.2) is 53.8 Å². The number of hydrogen-bond acceptors (Lipinski definition) is 6. The number of ether oxygens (including phenoxy) is 3. The highest BCUT2D eigenvalue weighted by Crippen LogP contribution is 2.42. The number of rotatable bonds is 10. The Balaban J connectivity index is 1.47. The Hall–Kier alpha value is -2.03. The molecule has 6 nitrogen and oxygen atoms in total. The second-order valence-electron chi connectivity index (χ2n) is 9.63. The lowest BCUT2D eigenvalue weighted by Gasteiger charge is -2.21. The molecule has 0 spiro atoms. The maximum Gasteiger partial charge on any atom is 0.306 e. The van der Waals surface area contributed by atoms with Crippen LogP contribution in [0.1, 0.15) is 52.4 Å². The van der Waals surface area contributed by atoms with E-state index in [1.807, 2.05) is 13.8 Å². The van der Waals surface area contributed by atoms with Crippen LogP contribution in [0.5, 0.6) is 5.75 Å². The van der Waals surface area contributed by atoms with E-state index in [1.165, 1.54) is 6.08 Å². The lowest BCUT2D eigenvalue weighted by atomic mass is 9.86. The number of benzene rings is 1. The fourth-order valence-corrected chi connectivity index (χ4v) is 4.87. The van der Waals surface area contributed by atoms with E-state index in [-0.39, 0.29) is 42.4 Å². The first-order valence-electron chi connectivity index (χ1n) is 12.2. The summed E-state index contributed by atoms with van der Waals surface area (Å²) >= 11 is 0. The molecule has 1 heterocycles. The van der Waals surface area contributed by atoms with Crippen molar-refractivity contribution in [2.75, 3.05) is 13.2 Å². The minimum atomic E-state index is -1.03. The van der Waals surface area contributed by atoms with E-state index in [0.717, 1.165) is 43.9 Å². The van der Waals surface area contributed by atoms with Crippen LogP contribution in [0.4, 0.5) is 8.78 Å². The molecule has 0 unspecified atom stereocenters. The number of aliphatic hydroxyl groups is 2. The highest BCUT2D eigenvalue weighted by atomic mass is 19.1. The lowest BCUT2D eigenvalue weighted by molar-refractivity contribution is -0.147. The van der Waals surface area contributed by atoms with Crippen LogP contribution in [0.25, 0.3) is 0 Å². The molecular weight excluding hydrogens is 446 g/mol. The van der Waals surface area contributed by atoms with Gasteiger partial charge in [0, 0.05) is 31.4 Å². The largest absolute Gasteiger partial charge is 0.487 e. The van der Waals surface area contributed by atoms with Gasteiger partial charge in [-0.3, -0.25) is 4.79 Å². The van der Waals surface area contributed by atoms with Gasteiger partial charge in [-0.1, -0.05) is 12.2 Å². The molecule has 0 aromatic heterocycles. The predicted octanol–water partition coefficient (Wildman–Crippen LogP) is 4.17. The summed E-state index contributed by atoms with van der Waals surface area (Å²) in [5.41, 5.74) is 0. The van der Waals surface area contributed by atoms with Gasteiger partial charge in [0.1, 0.15) is 18.5 Å². The fourth-order valence-electron chi connectivity index (χ4n) is 4.87. The van der Waals surface area contributed by atoms with Crippen molar-refractivity contribution in [2.45, 2.75) is 76.8 Å². The third-order valence-electron chi connectivity index (χ3n) is 6.56. The summed E-state index contributed by atoms with van der Waals surface area (Å²) in [6, 6.07) is 2.90. The van der Waals surface area contributed by atoms with E-state index in [1.54, 1.807) is 6.08 Å². The second kappa shape index (κ2) is 12.6. The Morgan fingerprint density at radius 3 is 2.85 bits per heavy atom. The SMILES string of the molecule is CC(C)OC(=O)CCC[C@@H]1CC[C@@H]2[C@@H](C=C[C@@H](O)COc3cc(F)ccc3F)[C@H](O)C[C@@H]2OC1. The molecule has 2 aliphatic rings. The predicted molar refractivity (Wildman–Crippen MR) is 122 cm³/mol. The number of halogens is 2. The maximum atomic E-state index is 13.7. The Bertz CT molecular complexity index is 830. The Morgan fingerprint density at radius 2 is 2.09 bits per heavy atom. The average molecular weight is 483 g/mol. The summed E-state index contributed by atoms with van der Waals surface area (Å²) < 4.78 is 43.4. The number of esters is 1. The summed E-state index contributed by atoms with van der Waals surface area (Å²) in [6.07, 6.45) is 6.02. The van der Waals surface area contributed by atoms with Gasteiger partial charge in [-0.05, 0) is 63.5 Å². The van der Waals surface area contributed by atoms with Gasteiger partial charge in [-0.25, -0.2) is 8.78 Å². The molecule has 0 radical (unpaired) electrons. The van der Waals surface area contributed by atoms with Crippen molar-refractivity contribution in [3.05, 3.63) is 42.0 Å². The van der Waals surface area contributed by atoms with Gasteiger partial charge in [0.2, 0.25) is 0 Å². The van der Waals surface area contributed by atoms with Crippen LogP contribution in [0.2, 0.25) is 0 Å². The molecule has 0 amide bonds. The Morgan fingerprint density at radius 1 is 1.29 bits per heavy atom. The summed E-state index contributed by atoms with van der Waals surface area (Å²) in [7, 11) is 0. The third kappa shape index (κ3) is 7.75. The number of aliphatic hydroxyl groups excluding tert-OH is 2. The van der Waals surface area contributed by atoms with Crippen molar-refractivity contribution >= 4 is 5.97 Å². The molecule has 3 rings (SSSR count). The number of fused-ring (bicyclic) bond motifs is 1. The third-order valence-corrected chi connectivity index (χ3v) is 6.56. The van der Waals surface area contributed by atoms with Crippen molar-refractivity contribution in [1.82, 2.24) is 0 Å². The van der Waals surface area contributed by atoms with Gasteiger partial charge in [-0.15, -0.1) is 0 Å². The summed E-state index contributed by atoms with van der Waals surface area (Å²) in [5, 5.41) is 20.8. The quantitative estimate of drug-likeness (QED) is 0.385. The van der Waals surface area contributed by atoms with Gasteiger partial charge < -0.3 is 24.4 Å². The lowest BCUT2D eigenvalue weighted by Crippen LogP contribution is -2.22. The Labute approximate surface area is 199 Å². The molecule has 8 heteroatoms. The van der Waals surface area contributed by atoms with Gasteiger partial charge in [0.05, 0.1) is 18.3 Å². The molecule has 190 valence electrons. The highest BCUT2D eigenvalue weighted by Gasteiger charge is 2.43. The molecule has 34 heavy (non-hydrogen) atoms. The van der Waals surface area contributed by atoms with E-state index in [0.29, 0.717) is 25.4 Å². The van der Waals surface area contributed by atoms with Crippen LogP contribution >= 0.6 is 0 Å². The maximum absolute atomic E-state index is 13.7. The van der Waals surface area contributed by atoms with E-state index in [4.69, 9.17) is 14.2 Å². The van der Waals surface area contributed by atoms with Gasteiger partial charge in [0.15, 0.2) is 11.6 Å². The molecule has 1 aromatic carbocycles. The molecule has 1 aliphatic heterocycles. The molecule has 1 saturated heterocycles. The smallest absolute Gasteiger partial charge is 0.306 e. The standard InChI is InChI=1S/C26H36F2O6/c1-16(2)34-26(31)5-3-4-17-6-9-21-20(23(30)13-24(21)32-14-17)10-8-19(29)15-33-25-12-18(27)7-11-22(25)28/h7-8,10-12,16-17,19-21,23-24,29-30H,3-6,9,13-15H2,1-2H3/t17-,19-,20-,21-,23-,24+/m1/s1. The zero-order chi connectivity index (χ0) is 24.7. The molecule has 1 aromatic rings. The molecule has 1 saturated carbocycles. The van der Waals surface area contributed by atoms with Crippen LogP contribution in [-0.2, 0) is 14.3 Å². The normalized spacial score (nSPS) is 28.0. The van der Waals surface area contributed by atoms with E-state index in [9.17, 15) is 23.8 Å². The molecule has 2 fully saturated rings. The molecule has 0 bridgehead atoms. The number of carbonyl (C=O) groups excluding carboxylic acids is 1. The fraction of sp³-hybridized carbons (Fsp3) is 0.654. The van der Waals surface area contributed by atoms with Crippen LogP contribution in [0, 0.1) is 29.4 Å². The topological polar surface area (TPSA) is 85.2 Å². The van der Waals surface area contributed by atoms with Crippen molar-refractivity contribution in [3.8, 4) is 5.75 Å². The second-order valence-corrected chi connectivity index (χ2v) is 9.63. The first-order chi connectivity index (χ1) is 16.2. The molecule has 2 N–H and O–H groups in total. The van der Waals surface area contributed by atoms with Crippen molar-refractivity contribution < 1.29 is 38.0 Å². The summed E-state index contributed by atoms with van der Waals surface area (Å²) in [6.45, 7) is 4.06. The number of hydrogen-bond donors (Lipinski definition) is 2. The van der Waals surface area contributed by atoms with Crippen molar-refractivity contribution in [1.29, 1.82) is 0 Å². The van der Waals surface area contributed by atoms with Crippen LogP contribution in [0.15, 0.2) is 30.4 Å². The Kier molecular flexibility index (Phi) is 9.85. The van der Waals surface area contributed by atoms with Crippen molar-refractivity contribution in [3.63, 3.8) is 0 Å². The minimum Gasteiger partial charge on any atom is -0.487 e. The molecule has 1 aliphatic carbocycles. The minimum absolute atomic E-state index is 0.0460. The molecular formula is C26H36F2O6. The highest BCUT2D eigenvalue weighted by molar-refractivity contribution is 5.69. The zero-order valence-corrected chi connectivity index (χ0v) is 19.9. The van der Waals surface area contributed by atoms with Crippen LogP contribution in [0.3, 0.4) is 0 Å².